The maximum absolute atomic E-state index is 11.2. The van der Waals surface area contributed by atoms with E-state index >= 15 is 0 Å². The first kappa shape index (κ1) is 13.4. The quantitative estimate of drug-likeness (QED) is 0.759. The molecule has 0 spiro atoms. The Labute approximate surface area is 114 Å². The molecule has 2 nitrogen and oxygen atoms in total. The highest BCUT2D eigenvalue weighted by Crippen LogP contribution is 2.30. The van der Waals surface area contributed by atoms with Crippen LogP contribution >= 0.6 is 11.6 Å². The second-order valence-corrected chi connectivity index (χ2v) is 5.36. The fraction of sp³-hybridized carbons (Fsp3) is 0.533. The van der Waals surface area contributed by atoms with Gasteiger partial charge in [0.15, 0.2) is 6.29 Å². The largest absolute Gasteiger partial charge is 0.368 e. The summed E-state index contributed by atoms with van der Waals surface area (Å²) in [6, 6.07) is 6.07. The highest BCUT2D eigenvalue weighted by Gasteiger charge is 2.21. The highest BCUT2D eigenvalue weighted by molar-refractivity contribution is 6.31. The van der Waals surface area contributed by atoms with Crippen molar-refractivity contribution in [3.63, 3.8) is 0 Å². The smallest absolute Gasteiger partial charge is 0.152 e. The van der Waals surface area contributed by atoms with E-state index in [1.807, 2.05) is 12.1 Å². The number of aldehydes is 1. The van der Waals surface area contributed by atoms with Crippen LogP contribution in [0.3, 0.4) is 0 Å². The van der Waals surface area contributed by atoms with E-state index in [0.717, 1.165) is 30.5 Å². The van der Waals surface area contributed by atoms with Crippen LogP contribution in [-0.4, -0.2) is 18.9 Å². The molecule has 1 saturated heterocycles. The van der Waals surface area contributed by atoms with Gasteiger partial charge in [0.1, 0.15) is 0 Å². The minimum Gasteiger partial charge on any atom is -0.368 e. The van der Waals surface area contributed by atoms with Crippen molar-refractivity contribution < 1.29 is 4.79 Å². The van der Waals surface area contributed by atoms with Crippen LogP contribution in [0.2, 0.25) is 5.02 Å². The molecule has 1 atom stereocenters. The summed E-state index contributed by atoms with van der Waals surface area (Å²) >= 11 is 6.08. The summed E-state index contributed by atoms with van der Waals surface area (Å²) in [5.41, 5.74) is 1.76. The van der Waals surface area contributed by atoms with Gasteiger partial charge in [0.25, 0.3) is 0 Å². The monoisotopic (exact) mass is 265 g/mol. The van der Waals surface area contributed by atoms with Crippen molar-refractivity contribution in [2.45, 2.75) is 45.1 Å². The average Bonchev–Trinajstić information content (AvgIpc) is 2.63. The summed E-state index contributed by atoms with van der Waals surface area (Å²) in [6.07, 6.45) is 7.02. The average molecular weight is 266 g/mol. The zero-order chi connectivity index (χ0) is 13.0. The summed E-state index contributed by atoms with van der Waals surface area (Å²) in [6.45, 7) is 3.24. The van der Waals surface area contributed by atoms with Crippen LogP contribution in [0.5, 0.6) is 0 Å². The molecule has 1 unspecified atom stereocenters. The van der Waals surface area contributed by atoms with Gasteiger partial charge in [-0.05, 0) is 37.5 Å². The Kier molecular flexibility index (Phi) is 4.65. The molecule has 1 aliphatic heterocycles. The van der Waals surface area contributed by atoms with E-state index in [1.165, 1.54) is 25.7 Å². The van der Waals surface area contributed by atoms with Gasteiger partial charge in [-0.25, -0.2) is 0 Å². The number of anilines is 1. The number of carbonyl (C=O) groups excluding carboxylic acids is 1. The Morgan fingerprint density at radius 3 is 2.94 bits per heavy atom. The molecule has 1 heterocycles. The molecule has 0 aromatic heterocycles. The minimum atomic E-state index is 0.532. The molecule has 0 saturated carbocycles. The zero-order valence-corrected chi connectivity index (χ0v) is 11.6. The van der Waals surface area contributed by atoms with Crippen molar-refractivity contribution in [1.29, 1.82) is 0 Å². The van der Waals surface area contributed by atoms with Crippen molar-refractivity contribution in [2.24, 2.45) is 0 Å². The SMILES string of the molecule is CCC1CCCCCN1c1cc(Cl)ccc1C=O. The van der Waals surface area contributed by atoms with E-state index < -0.39 is 0 Å². The van der Waals surface area contributed by atoms with Gasteiger partial charge in [0.2, 0.25) is 0 Å². The van der Waals surface area contributed by atoms with E-state index in [9.17, 15) is 4.79 Å². The van der Waals surface area contributed by atoms with Crippen LogP contribution in [0.15, 0.2) is 18.2 Å². The Hall–Kier alpha value is -1.02. The lowest BCUT2D eigenvalue weighted by Crippen LogP contribution is -2.35. The number of benzene rings is 1. The van der Waals surface area contributed by atoms with Crippen LogP contribution in [0, 0.1) is 0 Å². The van der Waals surface area contributed by atoms with E-state index in [4.69, 9.17) is 11.6 Å². The van der Waals surface area contributed by atoms with Crippen LogP contribution in [0.1, 0.15) is 49.4 Å². The third-order valence-electron chi connectivity index (χ3n) is 3.78. The summed E-state index contributed by atoms with van der Waals surface area (Å²) in [5.74, 6) is 0. The van der Waals surface area contributed by atoms with Crippen molar-refractivity contribution in [1.82, 2.24) is 0 Å². The maximum atomic E-state index is 11.2. The zero-order valence-electron chi connectivity index (χ0n) is 10.9. The first-order valence-electron chi connectivity index (χ1n) is 6.77. The molecule has 0 aliphatic carbocycles. The molecule has 18 heavy (non-hydrogen) atoms. The first-order chi connectivity index (χ1) is 8.76. The molecule has 0 amide bonds. The molecule has 2 rings (SSSR count). The van der Waals surface area contributed by atoms with Crippen molar-refractivity contribution >= 4 is 23.6 Å². The lowest BCUT2D eigenvalue weighted by atomic mass is 10.1. The lowest BCUT2D eigenvalue weighted by molar-refractivity contribution is 0.112. The van der Waals surface area contributed by atoms with E-state index in [2.05, 4.69) is 11.8 Å². The van der Waals surface area contributed by atoms with Gasteiger partial charge in [0, 0.05) is 28.9 Å². The number of rotatable bonds is 3. The topological polar surface area (TPSA) is 20.3 Å². The van der Waals surface area contributed by atoms with E-state index in [-0.39, 0.29) is 0 Å². The predicted octanol–water partition coefficient (Wildman–Crippen LogP) is 4.31. The summed E-state index contributed by atoms with van der Waals surface area (Å²) in [4.78, 5) is 13.6. The molecule has 1 aromatic carbocycles. The molecular formula is C15H20ClNO. The van der Waals surface area contributed by atoms with Crippen LogP contribution < -0.4 is 4.90 Å². The number of halogens is 1. The van der Waals surface area contributed by atoms with Crippen LogP contribution in [-0.2, 0) is 0 Å². The summed E-state index contributed by atoms with van der Waals surface area (Å²) in [5, 5.41) is 0.703. The maximum Gasteiger partial charge on any atom is 0.152 e. The molecular weight excluding hydrogens is 246 g/mol. The van der Waals surface area contributed by atoms with Gasteiger partial charge in [-0.2, -0.15) is 0 Å². The molecule has 3 heteroatoms. The molecule has 0 radical (unpaired) electrons. The van der Waals surface area contributed by atoms with E-state index in [0.29, 0.717) is 11.1 Å². The molecule has 0 N–H and O–H groups in total. The molecule has 0 bridgehead atoms. The first-order valence-corrected chi connectivity index (χ1v) is 7.15. The van der Waals surface area contributed by atoms with Crippen LogP contribution in [0.25, 0.3) is 0 Å². The van der Waals surface area contributed by atoms with Gasteiger partial charge in [-0.15, -0.1) is 0 Å². The molecule has 1 fully saturated rings. The van der Waals surface area contributed by atoms with Gasteiger partial charge in [-0.3, -0.25) is 4.79 Å². The number of nitrogens with zero attached hydrogens (tertiary/aromatic N) is 1. The Balaban J connectivity index is 2.37. The third kappa shape index (κ3) is 2.86. The molecule has 1 aromatic rings. The fourth-order valence-corrected chi connectivity index (χ4v) is 2.95. The lowest BCUT2D eigenvalue weighted by Gasteiger charge is -2.32. The Bertz CT molecular complexity index is 419. The second-order valence-electron chi connectivity index (χ2n) is 4.93. The Morgan fingerprint density at radius 2 is 2.22 bits per heavy atom. The number of hydrogen-bond acceptors (Lipinski definition) is 2. The number of carbonyl (C=O) groups is 1. The van der Waals surface area contributed by atoms with Crippen molar-refractivity contribution in [3.8, 4) is 0 Å². The number of hydrogen-bond donors (Lipinski definition) is 0. The standard InChI is InChI=1S/C15H20ClNO/c1-2-14-6-4-3-5-9-17(14)15-10-13(16)8-7-12(15)11-18/h7-8,10-11,14H,2-6,9H2,1H3. The van der Waals surface area contributed by atoms with E-state index in [1.54, 1.807) is 6.07 Å². The van der Waals surface area contributed by atoms with Crippen molar-refractivity contribution in [3.05, 3.63) is 28.8 Å². The predicted molar refractivity (Wildman–Crippen MR) is 76.7 cm³/mol. The minimum absolute atomic E-state index is 0.532. The van der Waals surface area contributed by atoms with Crippen molar-refractivity contribution in [2.75, 3.05) is 11.4 Å². The van der Waals surface area contributed by atoms with Gasteiger partial charge in [0.05, 0.1) is 0 Å². The van der Waals surface area contributed by atoms with Gasteiger partial charge >= 0.3 is 0 Å². The highest BCUT2D eigenvalue weighted by atomic mass is 35.5. The second kappa shape index (κ2) is 6.24. The third-order valence-corrected chi connectivity index (χ3v) is 4.01. The summed E-state index contributed by atoms with van der Waals surface area (Å²) in [7, 11) is 0. The molecule has 98 valence electrons. The van der Waals surface area contributed by atoms with Crippen LogP contribution in [0.4, 0.5) is 5.69 Å². The summed E-state index contributed by atoms with van der Waals surface area (Å²) < 4.78 is 0. The fourth-order valence-electron chi connectivity index (χ4n) is 2.78. The van der Waals surface area contributed by atoms with Gasteiger partial charge in [-0.1, -0.05) is 31.4 Å². The Morgan fingerprint density at radius 1 is 1.39 bits per heavy atom. The normalized spacial score (nSPS) is 20.6. The molecule has 1 aliphatic rings. The van der Waals surface area contributed by atoms with Gasteiger partial charge < -0.3 is 4.90 Å².